The van der Waals surface area contributed by atoms with E-state index in [9.17, 15) is 0 Å². The molecule has 0 saturated carbocycles. The van der Waals surface area contributed by atoms with Crippen LogP contribution in [-0.4, -0.2) is 9.78 Å². The van der Waals surface area contributed by atoms with Gasteiger partial charge < -0.3 is 5.73 Å². The number of anilines is 1. The average molecular weight is 290 g/mol. The molecule has 2 aromatic heterocycles. The molecule has 2 heterocycles. The van der Waals surface area contributed by atoms with Gasteiger partial charge >= 0.3 is 0 Å². The van der Waals surface area contributed by atoms with Gasteiger partial charge in [-0.1, -0.05) is 17.7 Å². The molecule has 0 aliphatic rings. The van der Waals surface area contributed by atoms with E-state index in [2.05, 4.69) is 18.1 Å². The van der Waals surface area contributed by atoms with Gasteiger partial charge in [0.25, 0.3) is 0 Å². The van der Waals surface area contributed by atoms with Crippen LogP contribution in [0.4, 0.5) is 5.69 Å². The molecular weight excluding hydrogens is 278 g/mol. The molecule has 3 nitrogen and oxygen atoms in total. The maximum atomic E-state index is 6.07. The van der Waals surface area contributed by atoms with Crippen molar-refractivity contribution in [2.45, 2.75) is 6.92 Å². The second kappa shape index (κ2) is 4.72. The van der Waals surface area contributed by atoms with E-state index in [-0.39, 0.29) is 0 Å². The largest absolute Gasteiger partial charge is 0.396 e. The van der Waals surface area contributed by atoms with Gasteiger partial charge in [0.1, 0.15) is 5.69 Å². The van der Waals surface area contributed by atoms with Crippen LogP contribution in [0.15, 0.2) is 41.9 Å². The molecule has 0 radical (unpaired) electrons. The minimum atomic E-state index is 0.672. The maximum Gasteiger partial charge on any atom is 0.126 e. The highest BCUT2D eigenvalue weighted by Crippen LogP contribution is 2.32. The summed E-state index contributed by atoms with van der Waals surface area (Å²) in [6.45, 7) is 2.06. The summed E-state index contributed by atoms with van der Waals surface area (Å²) in [5.41, 5.74) is 9.66. The summed E-state index contributed by atoms with van der Waals surface area (Å²) in [7, 11) is 0. The van der Waals surface area contributed by atoms with Crippen LogP contribution in [-0.2, 0) is 0 Å². The van der Waals surface area contributed by atoms with Gasteiger partial charge in [-0.2, -0.15) is 5.10 Å². The van der Waals surface area contributed by atoms with E-state index < -0.39 is 0 Å². The van der Waals surface area contributed by atoms with Crippen molar-refractivity contribution in [3.05, 3.63) is 52.5 Å². The zero-order valence-electron chi connectivity index (χ0n) is 10.3. The van der Waals surface area contributed by atoms with E-state index in [0.29, 0.717) is 10.7 Å². The van der Waals surface area contributed by atoms with Crippen molar-refractivity contribution in [1.82, 2.24) is 9.78 Å². The van der Waals surface area contributed by atoms with E-state index >= 15 is 0 Å². The van der Waals surface area contributed by atoms with E-state index in [0.717, 1.165) is 16.3 Å². The Kier molecular flexibility index (Phi) is 3.05. The smallest absolute Gasteiger partial charge is 0.126 e. The van der Waals surface area contributed by atoms with Gasteiger partial charge in [0.05, 0.1) is 22.4 Å². The topological polar surface area (TPSA) is 43.8 Å². The predicted molar refractivity (Wildman–Crippen MR) is 81.0 cm³/mol. The summed E-state index contributed by atoms with van der Waals surface area (Å²) >= 11 is 7.64. The van der Waals surface area contributed by atoms with Gasteiger partial charge in [-0.15, -0.1) is 11.3 Å². The molecule has 0 aliphatic heterocycles. The first-order valence-electron chi connectivity index (χ1n) is 5.80. The van der Waals surface area contributed by atoms with Gasteiger partial charge in [0, 0.05) is 5.02 Å². The minimum Gasteiger partial charge on any atom is -0.396 e. The summed E-state index contributed by atoms with van der Waals surface area (Å²) in [6.07, 6.45) is 1.82. The Morgan fingerprint density at radius 1 is 1.32 bits per heavy atom. The van der Waals surface area contributed by atoms with Gasteiger partial charge in [-0.25, -0.2) is 4.68 Å². The molecular formula is C14H12ClN3S. The van der Waals surface area contributed by atoms with Crippen molar-refractivity contribution >= 4 is 28.6 Å². The Morgan fingerprint density at radius 2 is 2.16 bits per heavy atom. The molecule has 0 atom stereocenters. The van der Waals surface area contributed by atoms with Crippen LogP contribution in [0, 0.1) is 6.92 Å². The molecule has 0 amide bonds. The molecule has 0 spiro atoms. The molecule has 0 bridgehead atoms. The monoisotopic (exact) mass is 289 g/mol. The van der Waals surface area contributed by atoms with E-state index in [1.165, 1.54) is 5.56 Å². The number of halogens is 1. The summed E-state index contributed by atoms with van der Waals surface area (Å²) in [6, 6.07) is 9.61. The number of thiophene rings is 1. The highest BCUT2D eigenvalue weighted by atomic mass is 35.5. The summed E-state index contributed by atoms with van der Waals surface area (Å²) in [5.74, 6) is 0. The number of aryl methyl sites for hydroxylation is 1. The number of benzene rings is 1. The standard InChI is InChI=1S/C14H12ClN3S/c1-9-5-6-19-14(9)13-12(16)8-18(17-13)11-4-2-3-10(15)7-11/h2-8H,16H2,1H3. The van der Waals surface area contributed by atoms with Crippen molar-refractivity contribution in [2.24, 2.45) is 0 Å². The molecule has 0 unspecified atom stereocenters. The fraction of sp³-hybridized carbons (Fsp3) is 0.0714. The first-order chi connectivity index (χ1) is 9.15. The summed E-state index contributed by atoms with van der Waals surface area (Å²) in [4.78, 5) is 1.11. The molecule has 0 fully saturated rings. The third kappa shape index (κ3) is 2.25. The van der Waals surface area contributed by atoms with Crippen molar-refractivity contribution in [3.8, 4) is 16.3 Å². The lowest BCUT2D eigenvalue weighted by Gasteiger charge is -2.01. The van der Waals surface area contributed by atoms with Gasteiger partial charge in [-0.3, -0.25) is 0 Å². The molecule has 2 N–H and O–H groups in total. The van der Waals surface area contributed by atoms with Crippen LogP contribution in [0.3, 0.4) is 0 Å². The molecule has 0 saturated heterocycles. The number of aromatic nitrogens is 2. The molecule has 0 aliphatic carbocycles. The Bertz CT molecular complexity index is 730. The number of rotatable bonds is 2. The van der Waals surface area contributed by atoms with Crippen LogP contribution < -0.4 is 5.73 Å². The van der Waals surface area contributed by atoms with Crippen molar-refractivity contribution in [2.75, 3.05) is 5.73 Å². The van der Waals surface area contributed by atoms with Crippen LogP contribution in [0.25, 0.3) is 16.3 Å². The van der Waals surface area contributed by atoms with Crippen molar-refractivity contribution in [1.29, 1.82) is 0 Å². The highest BCUT2D eigenvalue weighted by molar-refractivity contribution is 7.13. The van der Waals surface area contributed by atoms with E-state index in [1.54, 1.807) is 16.0 Å². The third-order valence-corrected chi connectivity index (χ3v) is 4.15. The number of nitrogens with two attached hydrogens (primary N) is 1. The van der Waals surface area contributed by atoms with Crippen LogP contribution in [0.1, 0.15) is 5.56 Å². The predicted octanol–water partition coefficient (Wildman–Crippen LogP) is 4.14. The fourth-order valence-corrected chi connectivity index (χ4v) is 3.05. The van der Waals surface area contributed by atoms with Crippen LogP contribution >= 0.6 is 22.9 Å². The first-order valence-corrected chi connectivity index (χ1v) is 7.06. The molecule has 5 heteroatoms. The summed E-state index contributed by atoms with van der Waals surface area (Å²) < 4.78 is 1.76. The Morgan fingerprint density at radius 3 is 2.84 bits per heavy atom. The zero-order valence-corrected chi connectivity index (χ0v) is 11.9. The number of nitrogen functional groups attached to an aromatic ring is 1. The second-order valence-electron chi connectivity index (χ2n) is 4.29. The fourth-order valence-electron chi connectivity index (χ4n) is 1.93. The van der Waals surface area contributed by atoms with E-state index in [1.807, 2.05) is 35.8 Å². The Hall–Kier alpha value is -1.78. The summed E-state index contributed by atoms with van der Waals surface area (Å²) in [5, 5.41) is 7.29. The number of hydrogen-bond donors (Lipinski definition) is 1. The molecule has 3 rings (SSSR count). The maximum absolute atomic E-state index is 6.07. The van der Waals surface area contributed by atoms with Gasteiger partial charge in [0.15, 0.2) is 0 Å². The molecule has 3 aromatic rings. The highest BCUT2D eigenvalue weighted by Gasteiger charge is 2.13. The normalized spacial score (nSPS) is 10.8. The average Bonchev–Trinajstić information content (AvgIpc) is 2.95. The van der Waals surface area contributed by atoms with Gasteiger partial charge in [-0.05, 0) is 42.1 Å². The quantitative estimate of drug-likeness (QED) is 0.770. The van der Waals surface area contributed by atoms with Gasteiger partial charge in [0.2, 0.25) is 0 Å². The number of hydrogen-bond acceptors (Lipinski definition) is 3. The van der Waals surface area contributed by atoms with Crippen LogP contribution in [0.5, 0.6) is 0 Å². The number of nitrogens with zero attached hydrogens (tertiary/aromatic N) is 2. The molecule has 1 aromatic carbocycles. The zero-order chi connectivity index (χ0) is 13.4. The molecule has 19 heavy (non-hydrogen) atoms. The third-order valence-electron chi connectivity index (χ3n) is 2.89. The minimum absolute atomic E-state index is 0.672. The van der Waals surface area contributed by atoms with E-state index in [4.69, 9.17) is 17.3 Å². The second-order valence-corrected chi connectivity index (χ2v) is 5.64. The lowest BCUT2D eigenvalue weighted by atomic mass is 10.2. The Labute approximate surface area is 120 Å². The molecule has 96 valence electrons. The first kappa shape index (κ1) is 12.3. The Balaban J connectivity index is 2.10. The van der Waals surface area contributed by atoms with Crippen molar-refractivity contribution in [3.63, 3.8) is 0 Å². The van der Waals surface area contributed by atoms with Crippen LogP contribution in [0.2, 0.25) is 5.02 Å². The lowest BCUT2D eigenvalue weighted by Crippen LogP contribution is -1.94. The van der Waals surface area contributed by atoms with Crippen molar-refractivity contribution < 1.29 is 0 Å². The SMILES string of the molecule is Cc1ccsc1-c1nn(-c2cccc(Cl)c2)cc1N. The lowest BCUT2D eigenvalue weighted by molar-refractivity contribution is 0.885.